The van der Waals surface area contributed by atoms with Gasteiger partial charge in [-0.15, -0.1) is 62.9 Å². The standard InChI is InChI=1S/C13H9.2CH3Cl.Ti/c1-3-7-12-10(5-1)9-11-6-2-4-8-13(11)12;2*1-2;/h1-9H;2*1H3;/q-1;;;. The van der Waals surface area contributed by atoms with Crippen LogP contribution in [0, 0.1) is 0 Å². The van der Waals surface area contributed by atoms with E-state index in [4.69, 9.17) is 0 Å². The van der Waals surface area contributed by atoms with Gasteiger partial charge in [-0.2, -0.15) is 0 Å². The minimum absolute atomic E-state index is 0. The summed E-state index contributed by atoms with van der Waals surface area (Å²) in [4.78, 5) is 0. The Labute approximate surface area is 133 Å². The van der Waals surface area contributed by atoms with E-state index in [-0.39, 0.29) is 21.7 Å². The third kappa shape index (κ3) is 3.80. The largest absolute Gasteiger partial charge is 0.130 e. The molecule has 18 heavy (non-hydrogen) atoms. The van der Waals surface area contributed by atoms with Crippen molar-refractivity contribution in [1.82, 2.24) is 0 Å². The van der Waals surface area contributed by atoms with Gasteiger partial charge in [0.2, 0.25) is 0 Å². The number of halogens is 2. The van der Waals surface area contributed by atoms with Gasteiger partial charge in [-0.25, -0.2) is 0 Å². The van der Waals surface area contributed by atoms with Crippen molar-refractivity contribution in [2.75, 3.05) is 12.8 Å². The molecule has 3 heteroatoms. The zero-order chi connectivity index (χ0) is 12.7. The molecule has 0 fully saturated rings. The van der Waals surface area contributed by atoms with Crippen LogP contribution in [0.15, 0.2) is 54.6 Å². The molecule has 0 atom stereocenters. The molecule has 0 aromatic heterocycles. The predicted molar refractivity (Wildman–Crippen MR) is 80.6 cm³/mol. The van der Waals surface area contributed by atoms with Crippen molar-refractivity contribution in [3.8, 4) is 0 Å². The molecule has 0 N–H and O–H groups in total. The monoisotopic (exact) mass is 313 g/mol. The Morgan fingerprint density at radius 2 is 1.00 bits per heavy atom. The molecule has 3 aromatic rings. The first kappa shape index (κ1) is 17.6. The number of hydrogen-bond donors (Lipinski definition) is 0. The second-order valence-corrected chi connectivity index (χ2v) is 3.32. The molecule has 0 unspecified atom stereocenters. The summed E-state index contributed by atoms with van der Waals surface area (Å²) in [6.45, 7) is 0. The summed E-state index contributed by atoms with van der Waals surface area (Å²) >= 11 is 9.28. The van der Waals surface area contributed by atoms with Crippen molar-refractivity contribution >= 4 is 44.7 Å². The predicted octanol–water partition coefficient (Wildman–Crippen LogP) is 5.42. The van der Waals surface area contributed by atoms with Crippen LogP contribution >= 0.6 is 23.2 Å². The molecule has 0 aliphatic carbocycles. The van der Waals surface area contributed by atoms with Crippen LogP contribution in [0.4, 0.5) is 0 Å². The maximum atomic E-state index is 4.64. The van der Waals surface area contributed by atoms with Crippen LogP contribution in [0.3, 0.4) is 0 Å². The van der Waals surface area contributed by atoms with Crippen molar-refractivity contribution in [3.63, 3.8) is 0 Å². The minimum atomic E-state index is 0. The molecule has 0 saturated heterocycles. The summed E-state index contributed by atoms with van der Waals surface area (Å²) in [5.41, 5.74) is 0. The number of alkyl halides is 2. The zero-order valence-corrected chi connectivity index (χ0v) is 13.5. The first-order valence-electron chi connectivity index (χ1n) is 5.24. The van der Waals surface area contributed by atoms with Gasteiger partial charge in [-0.3, -0.25) is 0 Å². The first-order valence-corrected chi connectivity index (χ1v) is 6.75. The third-order valence-electron chi connectivity index (χ3n) is 2.52. The van der Waals surface area contributed by atoms with Gasteiger partial charge in [0, 0.05) is 34.5 Å². The molecule has 94 valence electrons. The fourth-order valence-electron chi connectivity index (χ4n) is 1.90. The minimum Gasteiger partial charge on any atom is -0.130 e. The van der Waals surface area contributed by atoms with Crippen molar-refractivity contribution in [2.24, 2.45) is 0 Å². The Kier molecular flexibility index (Phi) is 9.31. The van der Waals surface area contributed by atoms with Gasteiger partial charge in [0.1, 0.15) is 0 Å². The zero-order valence-electron chi connectivity index (χ0n) is 10.5. The van der Waals surface area contributed by atoms with Gasteiger partial charge < -0.3 is 0 Å². The van der Waals surface area contributed by atoms with E-state index in [0.29, 0.717) is 0 Å². The summed E-state index contributed by atoms with van der Waals surface area (Å²) in [5, 5.41) is 5.39. The summed E-state index contributed by atoms with van der Waals surface area (Å²) < 4.78 is 0. The van der Waals surface area contributed by atoms with Crippen molar-refractivity contribution in [3.05, 3.63) is 54.6 Å². The molecule has 0 amide bonds. The second-order valence-electron chi connectivity index (χ2n) is 3.32. The fourth-order valence-corrected chi connectivity index (χ4v) is 1.90. The molecular formula is C15H15Cl2Ti-. The summed E-state index contributed by atoms with van der Waals surface area (Å²) in [6.07, 6.45) is 2.94. The molecule has 0 radical (unpaired) electrons. The maximum absolute atomic E-state index is 4.64. The summed E-state index contributed by atoms with van der Waals surface area (Å²) in [5.74, 6) is 0. The van der Waals surface area contributed by atoms with Gasteiger partial charge in [0.15, 0.2) is 0 Å². The SMILES string of the molecule is CCl.CCl.[Ti].c1ccc2c(c1)[cH-]c1ccccc12. The summed E-state index contributed by atoms with van der Waals surface area (Å²) in [6, 6.07) is 19.3. The molecule has 0 spiro atoms. The fraction of sp³-hybridized carbons (Fsp3) is 0.133. The average Bonchev–Trinajstić information content (AvgIpc) is 2.82. The van der Waals surface area contributed by atoms with Crippen molar-refractivity contribution < 1.29 is 21.7 Å². The van der Waals surface area contributed by atoms with Gasteiger partial charge in [0.25, 0.3) is 0 Å². The second kappa shape index (κ2) is 9.52. The molecule has 0 aliphatic heterocycles. The topological polar surface area (TPSA) is 0 Å². The Bertz CT molecular complexity index is 522. The Morgan fingerprint density at radius 1 is 0.667 bits per heavy atom. The van der Waals surface area contributed by atoms with Crippen LogP contribution in [0.5, 0.6) is 0 Å². The van der Waals surface area contributed by atoms with E-state index >= 15 is 0 Å². The third-order valence-corrected chi connectivity index (χ3v) is 2.52. The van der Waals surface area contributed by atoms with Crippen molar-refractivity contribution in [1.29, 1.82) is 0 Å². The number of rotatable bonds is 0. The van der Waals surface area contributed by atoms with Crippen LogP contribution in [0.1, 0.15) is 0 Å². The van der Waals surface area contributed by atoms with E-state index in [1.165, 1.54) is 34.3 Å². The number of fused-ring (bicyclic) bond motifs is 3. The smallest absolute Gasteiger partial charge is 0.0108 e. The molecule has 0 aliphatic rings. The molecule has 0 nitrogen and oxygen atoms in total. The van der Waals surface area contributed by atoms with E-state index < -0.39 is 0 Å². The Hall–Kier alpha value is -0.396. The maximum Gasteiger partial charge on any atom is 0.0108 e. The summed E-state index contributed by atoms with van der Waals surface area (Å²) in [7, 11) is 0. The Balaban J connectivity index is 0.000000531. The normalized spacial score (nSPS) is 8.67. The molecule has 0 bridgehead atoms. The first-order chi connectivity index (χ1) is 8.45. The molecule has 0 saturated carbocycles. The van der Waals surface area contributed by atoms with Gasteiger partial charge in [0.05, 0.1) is 0 Å². The van der Waals surface area contributed by atoms with E-state index in [1.807, 2.05) is 0 Å². The van der Waals surface area contributed by atoms with E-state index in [9.17, 15) is 0 Å². The number of benzene rings is 2. The van der Waals surface area contributed by atoms with Crippen LogP contribution in [0.25, 0.3) is 21.5 Å². The van der Waals surface area contributed by atoms with Crippen LogP contribution in [-0.2, 0) is 21.7 Å². The molecule has 3 aromatic carbocycles. The van der Waals surface area contributed by atoms with Gasteiger partial charge >= 0.3 is 0 Å². The van der Waals surface area contributed by atoms with Gasteiger partial charge in [-0.1, -0.05) is 36.4 Å². The average molecular weight is 314 g/mol. The molecule has 0 heterocycles. The molecular weight excluding hydrogens is 299 g/mol. The molecule has 3 rings (SSSR count). The van der Waals surface area contributed by atoms with Crippen molar-refractivity contribution in [2.45, 2.75) is 0 Å². The Morgan fingerprint density at radius 3 is 1.39 bits per heavy atom. The van der Waals surface area contributed by atoms with E-state index in [1.54, 1.807) is 0 Å². The van der Waals surface area contributed by atoms with Crippen LogP contribution in [0.2, 0.25) is 0 Å². The van der Waals surface area contributed by atoms with Crippen LogP contribution in [-0.4, -0.2) is 12.8 Å². The van der Waals surface area contributed by atoms with E-state index in [0.717, 1.165) is 0 Å². The quantitative estimate of drug-likeness (QED) is 0.295. The van der Waals surface area contributed by atoms with Crippen LogP contribution < -0.4 is 0 Å². The number of hydrogen-bond acceptors (Lipinski definition) is 0. The van der Waals surface area contributed by atoms with Gasteiger partial charge in [-0.05, 0) is 0 Å². The van der Waals surface area contributed by atoms with E-state index in [2.05, 4.69) is 77.8 Å².